The molecule has 1 aromatic carbocycles. The maximum absolute atomic E-state index is 12.1. The van der Waals surface area contributed by atoms with Crippen LogP contribution >= 0.6 is 11.3 Å². The number of rotatable bonds is 4. The molecule has 2 rings (SSSR count). The summed E-state index contributed by atoms with van der Waals surface area (Å²) in [5, 5.41) is 13.6. The molecular weight excluding hydrogens is 336 g/mol. The Labute approximate surface area is 150 Å². The van der Waals surface area contributed by atoms with Crippen molar-refractivity contribution in [3.63, 3.8) is 0 Å². The minimum absolute atomic E-state index is 0.0418. The number of anilines is 2. The van der Waals surface area contributed by atoms with E-state index in [-0.39, 0.29) is 11.5 Å². The Hall–Kier alpha value is -2.98. The van der Waals surface area contributed by atoms with E-state index in [4.69, 9.17) is 5.26 Å². The van der Waals surface area contributed by atoms with Crippen molar-refractivity contribution in [1.29, 1.82) is 5.26 Å². The molecule has 0 saturated heterocycles. The Morgan fingerprint density at radius 2 is 2.04 bits per heavy atom. The normalized spacial score (nSPS) is 10.9. The summed E-state index contributed by atoms with van der Waals surface area (Å²) in [6.07, 6.45) is 1.40. The number of hydrogen-bond donors (Lipinski definition) is 1. The summed E-state index contributed by atoms with van der Waals surface area (Å²) in [7, 11) is 1.46. The van der Waals surface area contributed by atoms with E-state index >= 15 is 0 Å². The van der Waals surface area contributed by atoms with Crippen LogP contribution in [-0.2, 0) is 9.59 Å². The minimum atomic E-state index is -0.477. The fraction of sp³-hybridized carbons (Fsp3) is 0.222. The third-order valence-electron chi connectivity index (χ3n) is 3.65. The second-order valence-electron chi connectivity index (χ2n) is 5.43. The summed E-state index contributed by atoms with van der Waals surface area (Å²) in [5.74, 6) is -0.644. The first-order valence-corrected chi connectivity index (χ1v) is 8.42. The summed E-state index contributed by atoms with van der Waals surface area (Å²) < 4.78 is 0. The number of amides is 2. The summed E-state index contributed by atoms with van der Waals surface area (Å²) in [4.78, 5) is 29.6. The van der Waals surface area contributed by atoms with Crippen LogP contribution in [0.4, 0.5) is 10.8 Å². The number of likely N-dealkylation sites (N-methyl/N-ethyl adjacent to an activating group) is 1. The van der Waals surface area contributed by atoms with Gasteiger partial charge in [-0.1, -0.05) is 6.07 Å². The van der Waals surface area contributed by atoms with Crippen LogP contribution in [0.2, 0.25) is 0 Å². The molecule has 7 heteroatoms. The third-order valence-corrected chi connectivity index (χ3v) is 4.49. The number of hydrogen-bond acceptors (Lipinski definition) is 5. The number of carbonyl (C=O) groups excluding carboxylic acids is 2. The van der Waals surface area contributed by atoms with Crippen molar-refractivity contribution in [2.75, 3.05) is 11.9 Å². The van der Waals surface area contributed by atoms with E-state index in [1.54, 1.807) is 5.38 Å². The zero-order valence-corrected chi connectivity index (χ0v) is 15.3. The molecule has 25 heavy (non-hydrogen) atoms. The largest absolute Gasteiger partial charge is 0.354 e. The summed E-state index contributed by atoms with van der Waals surface area (Å²) in [6.45, 7) is 5.46. The van der Waals surface area contributed by atoms with Gasteiger partial charge < -0.3 is 5.32 Å². The maximum Gasteiger partial charge on any atom is 0.261 e. The molecule has 0 aliphatic rings. The van der Waals surface area contributed by atoms with Gasteiger partial charge in [-0.3, -0.25) is 14.5 Å². The van der Waals surface area contributed by atoms with E-state index in [0.717, 1.165) is 16.8 Å². The van der Waals surface area contributed by atoms with Crippen molar-refractivity contribution in [2.24, 2.45) is 0 Å². The van der Waals surface area contributed by atoms with E-state index in [9.17, 15) is 9.59 Å². The lowest BCUT2D eigenvalue weighted by atomic mass is 10.1. The van der Waals surface area contributed by atoms with Gasteiger partial charge in [-0.15, -0.1) is 11.3 Å². The van der Waals surface area contributed by atoms with Gasteiger partial charge in [0.2, 0.25) is 5.91 Å². The second kappa shape index (κ2) is 7.73. The zero-order chi connectivity index (χ0) is 18.6. The molecule has 0 aliphatic carbocycles. The lowest BCUT2D eigenvalue weighted by Gasteiger charge is -2.19. The van der Waals surface area contributed by atoms with Gasteiger partial charge in [0.1, 0.15) is 11.6 Å². The second-order valence-corrected chi connectivity index (χ2v) is 6.26. The molecule has 0 atom stereocenters. The SMILES string of the molecule is CNC(=O)/C(C#N)=C/c1csc(N(C(C)=O)c2ccc(C)c(C)c2)n1. The van der Waals surface area contributed by atoms with Crippen LogP contribution in [0, 0.1) is 25.2 Å². The van der Waals surface area contributed by atoms with E-state index < -0.39 is 5.91 Å². The van der Waals surface area contributed by atoms with Gasteiger partial charge in [-0.2, -0.15) is 5.26 Å². The first kappa shape index (κ1) is 18.4. The van der Waals surface area contributed by atoms with Gasteiger partial charge in [0, 0.05) is 19.4 Å². The van der Waals surface area contributed by atoms with Crippen molar-refractivity contribution in [2.45, 2.75) is 20.8 Å². The molecule has 0 spiro atoms. The van der Waals surface area contributed by atoms with Gasteiger partial charge in [-0.05, 0) is 43.2 Å². The van der Waals surface area contributed by atoms with Crippen molar-refractivity contribution in [1.82, 2.24) is 10.3 Å². The lowest BCUT2D eigenvalue weighted by molar-refractivity contribution is -0.117. The van der Waals surface area contributed by atoms with E-state index in [0.29, 0.717) is 10.8 Å². The highest BCUT2D eigenvalue weighted by Crippen LogP contribution is 2.30. The number of benzene rings is 1. The molecule has 1 N–H and O–H groups in total. The Bertz CT molecular complexity index is 893. The average molecular weight is 354 g/mol. The summed E-state index contributed by atoms with van der Waals surface area (Å²) in [6, 6.07) is 7.59. The van der Waals surface area contributed by atoms with E-state index in [2.05, 4.69) is 10.3 Å². The maximum atomic E-state index is 12.1. The molecule has 128 valence electrons. The predicted octanol–water partition coefficient (Wildman–Crippen LogP) is 3.10. The van der Waals surface area contributed by atoms with Crippen LogP contribution in [0.5, 0.6) is 0 Å². The number of nitrogens with zero attached hydrogens (tertiary/aromatic N) is 3. The van der Waals surface area contributed by atoms with Crippen LogP contribution in [0.1, 0.15) is 23.7 Å². The molecule has 1 aromatic heterocycles. The molecule has 6 nitrogen and oxygen atoms in total. The standard InChI is InChI=1S/C18H18N4O2S/c1-11-5-6-16(7-12(11)2)22(13(3)23)18-21-15(10-25-18)8-14(9-19)17(24)20-4/h5-8,10H,1-4H3,(H,20,24)/b14-8+. The molecule has 0 saturated carbocycles. The molecule has 1 heterocycles. The van der Waals surface area contributed by atoms with E-state index in [1.807, 2.05) is 38.1 Å². The third kappa shape index (κ3) is 4.11. The van der Waals surface area contributed by atoms with Crippen LogP contribution in [0.3, 0.4) is 0 Å². The Balaban J connectivity index is 2.42. The highest BCUT2D eigenvalue weighted by molar-refractivity contribution is 7.14. The molecule has 0 aliphatic heterocycles. The summed E-state index contributed by atoms with van der Waals surface area (Å²) >= 11 is 1.27. The van der Waals surface area contributed by atoms with Gasteiger partial charge >= 0.3 is 0 Å². The fourth-order valence-corrected chi connectivity index (χ4v) is 3.01. The van der Waals surface area contributed by atoms with Gasteiger partial charge in [-0.25, -0.2) is 4.98 Å². The molecule has 2 amide bonds. The van der Waals surface area contributed by atoms with Crippen LogP contribution < -0.4 is 10.2 Å². The van der Waals surface area contributed by atoms with Crippen molar-refractivity contribution < 1.29 is 9.59 Å². The van der Waals surface area contributed by atoms with Crippen LogP contribution in [0.15, 0.2) is 29.2 Å². The highest BCUT2D eigenvalue weighted by atomic mass is 32.1. The first-order chi connectivity index (χ1) is 11.9. The molecule has 0 unspecified atom stereocenters. The first-order valence-electron chi connectivity index (χ1n) is 7.54. The van der Waals surface area contributed by atoms with Crippen molar-refractivity contribution in [3.05, 3.63) is 46.0 Å². The molecule has 2 aromatic rings. The topological polar surface area (TPSA) is 86.1 Å². The predicted molar refractivity (Wildman–Crippen MR) is 98.5 cm³/mol. The summed E-state index contributed by atoms with van der Waals surface area (Å²) in [5.41, 5.74) is 3.36. The average Bonchev–Trinajstić information content (AvgIpc) is 3.03. The van der Waals surface area contributed by atoms with Crippen molar-refractivity contribution >= 4 is 40.0 Å². The monoisotopic (exact) mass is 354 g/mol. The molecule has 0 bridgehead atoms. The Kier molecular flexibility index (Phi) is 5.67. The number of aryl methyl sites for hydroxylation is 2. The zero-order valence-electron chi connectivity index (χ0n) is 14.5. The quantitative estimate of drug-likeness (QED) is 0.675. The van der Waals surface area contributed by atoms with E-state index in [1.165, 1.54) is 36.3 Å². The van der Waals surface area contributed by atoms with Gasteiger partial charge in [0.15, 0.2) is 5.13 Å². The Morgan fingerprint density at radius 1 is 1.32 bits per heavy atom. The number of thiazole rings is 1. The molecular formula is C18H18N4O2S. The lowest BCUT2D eigenvalue weighted by Crippen LogP contribution is -2.22. The van der Waals surface area contributed by atoms with Crippen molar-refractivity contribution in [3.8, 4) is 6.07 Å². The molecule has 0 radical (unpaired) electrons. The number of nitrogens with one attached hydrogen (secondary N) is 1. The molecule has 0 fully saturated rings. The highest BCUT2D eigenvalue weighted by Gasteiger charge is 2.18. The number of aromatic nitrogens is 1. The number of carbonyl (C=O) groups is 2. The minimum Gasteiger partial charge on any atom is -0.354 e. The smallest absolute Gasteiger partial charge is 0.261 e. The fourth-order valence-electron chi connectivity index (χ4n) is 2.17. The van der Waals surface area contributed by atoms with Crippen LogP contribution in [0.25, 0.3) is 6.08 Å². The number of nitriles is 1. The Morgan fingerprint density at radius 3 is 2.60 bits per heavy atom. The van der Waals surface area contributed by atoms with Gasteiger partial charge in [0.05, 0.1) is 11.4 Å². The van der Waals surface area contributed by atoms with Crippen LogP contribution in [-0.4, -0.2) is 23.8 Å². The van der Waals surface area contributed by atoms with Gasteiger partial charge in [0.25, 0.3) is 5.91 Å².